The molecule has 0 unspecified atom stereocenters. The first kappa shape index (κ1) is 15.1. The summed E-state index contributed by atoms with van der Waals surface area (Å²) in [5, 5.41) is 8.63. The van der Waals surface area contributed by atoms with Gasteiger partial charge < -0.3 is 14.6 Å². The van der Waals surface area contributed by atoms with Crippen LogP contribution < -0.4 is 9.47 Å². The van der Waals surface area contributed by atoms with Crippen LogP contribution in [0.25, 0.3) is 6.08 Å². The lowest BCUT2D eigenvalue weighted by atomic mass is 10.2. The van der Waals surface area contributed by atoms with E-state index in [4.69, 9.17) is 14.6 Å². The molecule has 0 aromatic heterocycles. The smallest absolute Gasteiger partial charge is 0.328 e. The Labute approximate surface area is 130 Å². The van der Waals surface area contributed by atoms with E-state index in [1.54, 1.807) is 43.5 Å². The summed E-state index contributed by atoms with van der Waals surface area (Å²) in [7, 11) is 1.60. The van der Waals surface area contributed by atoms with Gasteiger partial charge in [0.15, 0.2) is 0 Å². The average Bonchev–Trinajstić information content (AvgIpc) is 2.47. The van der Waals surface area contributed by atoms with Gasteiger partial charge in [0.25, 0.3) is 0 Å². The number of ether oxygens (including phenoxy) is 2. The first-order valence-electron chi connectivity index (χ1n) is 6.11. The third-order valence-corrected chi connectivity index (χ3v) is 3.26. The van der Waals surface area contributed by atoms with E-state index in [1.165, 1.54) is 6.08 Å². The van der Waals surface area contributed by atoms with Gasteiger partial charge in [-0.3, -0.25) is 0 Å². The Bertz CT molecular complexity index is 680. The summed E-state index contributed by atoms with van der Waals surface area (Å²) in [5.74, 6) is 1.01. The summed E-state index contributed by atoms with van der Waals surface area (Å²) >= 11 is 3.42. The van der Waals surface area contributed by atoms with Crippen molar-refractivity contribution in [3.63, 3.8) is 0 Å². The molecule has 4 nitrogen and oxygen atoms in total. The maximum absolute atomic E-state index is 10.5. The fourth-order valence-electron chi connectivity index (χ4n) is 1.67. The summed E-state index contributed by atoms with van der Waals surface area (Å²) in [6, 6.07) is 12.6. The first-order chi connectivity index (χ1) is 10.1. The van der Waals surface area contributed by atoms with Crippen LogP contribution in [0.1, 0.15) is 5.56 Å². The summed E-state index contributed by atoms with van der Waals surface area (Å²) in [4.78, 5) is 10.5. The minimum atomic E-state index is -0.987. The fourth-order valence-corrected chi connectivity index (χ4v) is 2.11. The number of rotatable bonds is 5. The number of aliphatic carboxylic acids is 1. The first-order valence-corrected chi connectivity index (χ1v) is 6.90. The summed E-state index contributed by atoms with van der Waals surface area (Å²) in [6.45, 7) is 0. The summed E-state index contributed by atoms with van der Waals surface area (Å²) in [6.07, 6.45) is 2.60. The number of carbonyl (C=O) groups is 1. The molecule has 2 aromatic carbocycles. The largest absolute Gasteiger partial charge is 0.497 e. The third-order valence-electron chi connectivity index (χ3n) is 2.64. The molecule has 0 aliphatic rings. The van der Waals surface area contributed by atoms with Crippen molar-refractivity contribution in [1.29, 1.82) is 0 Å². The van der Waals surface area contributed by atoms with Crippen LogP contribution >= 0.6 is 15.9 Å². The molecule has 1 N–H and O–H groups in total. The molecule has 21 heavy (non-hydrogen) atoms. The van der Waals surface area contributed by atoms with Gasteiger partial charge in [-0.05, 0) is 57.9 Å². The van der Waals surface area contributed by atoms with E-state index in [0.29, 0.717) is 11.5 Å². The Hall–Kier alpha value is -2.27. The van der Waals surface area contributed by atoms with Crippen LogP contribution in [0.3, 0.4) is 0 Å². The molecule has 0 saturated carbocycles. The fraction of sp³-hybridized carbons (Fsp3) is 0.0625. The third kappa shape index (κ3) is 4.36. The van der Waals surface area contributed by atoms with E-state index in [2.05, 4.69) is 15.9 Å². The van der Waals surface area contributed by atoms with Crippen LogP contribution in [0.2, 0.25) is 0 Å². The number of carboxylic acids is 1. The van der Waals surface area contributed by atoms with Crippen molar-refractivity contribution in [3.8, 4) is 17.2 Å². The molecule has 0 spiro atoms. The Kier molecular flexibility index (Phi) is 5.00. The van der Waals surface area contributed by atoms with E-state index in [0.717, 1.165) is 21.9 Å². The molecule has 0 atom stereocenters. The lowest BCUT2D eigenvalue weighted by Crippen LogP contribution is -1.89. The van der Waals surface area contributed by atoms with E-state index >= 15 is 0 Å². The molecule has 0 radical (unpaired) electrons. The molecule has 0 heterocycles. The quantitative estimate of drug-likeness (QED) is 0.816. The lowest BCUT2D eigenvalue weighted by Gasteiger charge is -2.09. The number of hydrogen-bond acceptors (Lipinski definition) is 3. The lowest BCUT2D eigenvalue weighted by molar-refractivity contribution is -0.131. The van der Waals surface area contributed by atoms with Crippen molar-refractivity contribution in [1.82, 2.24) is 0 Å². The second-order valence-corrected chi connectivity index (χ2v) is 5.00. The zero-order valence-electron chi connectivity index (χ0n) is 11.2. The molecule has 2 aromatic rings. The predicted octanol–water partition coefficient (Wildman–Crippen LogP) is 4.35. The second-order valence-electron chi connectivity index (χ2n) is 4.14. The zero-order chi connectivity index (χ0) is 15.2. The molecular weight excluding hydrogens is 336 g/mol. The van der Waals surface area contributed by atoms with Crippen LogP contribution in [-0.4, -0.2) is 18.2 Å². The monoisotopic (exact) mass is 348 g/mol. The molecule has 0 bridgehead atoms. The van der Waals surface area contributed by atoms with Gasteiger partial charge in [0.05, 0.1) is 11.6 Å². The van der Waals surface area contributed by atoms with Gasteiger partial charge in [-0.15, -0.1) is 0 Å². The van der Waals surface area contributed by atoms with E-state index in [9.17, 15) is 4.79 Å². The molecule has 5 heteroatoms. The minimum absolute atomic E-state index is 0.619. The van der Waals surface area contributed by atoms with Crippen LogP contribution in [0, 0.1) is 0 Å². The van der Waals surface area contributed by atoms with Crippen molar-refractivity contribution < 1.29 is 19.4 Å². The maximum Gasteiger partial charge on any atom is 0.328 e. The Morgan fingerprint density at radius 1 is 1.19 bits per heavy atom. The molecule has 2 rings (SSSR count). The highest BCUT2D eigenvalue weighted by Crippen LogP contribution is 2.32. The summed E-state index contributed by atoms with van der Waals surface area (Å²) in [5.41, 5.74) is 0.750. The van der Waals surface area contributed by atoms with Crippen LogP contribution in [0.15, 0.2) is 53.0 Å². The van der Waals surface area contributed by atoms with Gasteiger partial charge in [0.1, 0.15) is 17.2 Å². The van der Waals surface area contributed by atoms with Crippen LogP contribution in [0.5, 0.6) is 17.2 Å². The standard InChI is InChI=1S/C16H13BrO4/c1-20-12-6-7-15(14(17)10-12)21-13-4-2-3-11(9-13)5-8-16(18)19/h2-10H,1H3,(H,18,19)/b8-5+. The van der Waals surface area contributed by atoms with Gasteiger partial charge in [0.2, 0.25) is 0 Å². The van der Waals surface area contributed by atoms with Gasteiger partial charge in [0, 0.05) is 6.08 Å². The molecule has 0 aliphatic carbocycles. The van der Waals surface area contributed by atoms with Crippen molar-refractivity contribution in [2.75, 3.05) is 7.11 Å². The Balaban J connectivity index is 2.20. The topological polar surface area (TPSA) is 55.8 Å². The van der Waals surface area contributed by atoms with Gasteiger partial charge in [-0.2, -0.15) is 0 Å². The highest BCUT2D eigenvalue weighted by Gasteiger charge is 2.05. The second kappa shape index (κ2) is 6.95. The van der Waals surface area contributed by atoms with E-state index in [1.807, 2.05) is 6.07 Å². The molecule has 0 aliphatic heterocycles. The Morgan fingerprint density at radius 3 is 2.67 bits per heavy atom. The molecule has 0 fully saturated rings. The predicted molar refractivity (Wildman–Crippen MR) is 83.9 cm³/mol. The SMILES string of the molecule is COc1ccc(Oc2cccc(/C=C/C(=O)O)c2)c(Br)c1. The minimum Gasteiger partial charge on any atom is -0.497 e. The van der Waals surface area contributed by atoms with E-state index < -0.39 is 5.97 Å². The average molecular weight is 349 g/mol. The number of benzene rings is 2. The van der Waals surface area contributed by atoms with Gasteiger partial charge >= 0.3 is 5.97 Å². The van der Waals surface area contributed by atoms with Crippen molar-refractivity contribution in [2.24, 2.45) is 0 Å². The molecule has 0 saturated heterocycles. The van der Waals surface area contributed by atoms with Crippen LogP contribution in [-0.2, 0) is 4.79 Å². The van der Waals surface area contributed by atoms with Gasteiger partial charge in [-0.1, -0.05) is 12.1 Å². The van der Waals surface area contributed by atoms with E-state index in [-0.39, 0.29) is 0 Å². The molecule has 0 amide bonds. The maximum atomic E-state index is 10.5. The Morgan fingerprint density at radius 2 is 2.00 bits per heavy atom. The van der Waals surface area contributed by atoms with Crippen molar-refractivity contribution in [3.05, 3.63) is 58.6 Å². The van der Waals surface area contributed by atoms with Crippen LogP contribution in [0.4, 0.5) is 0 Å². The highest BCUT2D eigenvalue weighted by atomic mass is 79.9. The molecule has 108 valence electrons. The number of halogens is 1. The number of hydrogen-bond donors (Lipinski definition) is 1. The van der Waals surface area contributed by atoms with Gasteiger partial charge in [-0.25, -0.2) is 4.79 Å². The van der Waals surface area contributed by atoms with Crippen molar-refractivity contribution in [2.45, 2.75) is 0 Å². The van der Waals surface area contributed by atoms with Crippen molar-refractivity contribution >= 4 is 28.0 Å². The normalized spacial score (nSPS) is 10.6. The zero-order valence-corrected chi connectivity index (χ0v) is 12.8. The number of carboxylic acid groups (broad SMARTS) is 1. The number of methoxy groups -OCH3 is 1. The molecular formula is C16H13BrO4. The summed E-state index contributed by atoms with van der Waals surface area (Å²) < 4.78 is 11.7. The highest BCUT2D eigenvalue weighted by molar-refractivity contribution is 9.10.